The lowest BCUT2D eigenvalue weighted by Crippen LogP contribution is -2.37. The van der Waals surface area contributed by atoms with E-state index in [1.807, 2.05) is 18.7 Å². The molecule has 0 fully saturated rings. The minimum absolute atomic E-state index is 0.295. The van der Waals surface area contributed by atoms with Gasteiger partial charge in [0.15, 0.2) is 0 Å². The summed E-state index contributed by atoms with van der Waals surface area (Å²) in [5.41, 5.74) is 5.28. The van der Waals surface area contributed by atoms with Gasteiger partial charge in [-0.15, -0.1) is 18.3 Å². The summed E-state index contributed by atoms with van der Waals surface area (Å²) in [6.45, 7) is 8.03. The predicted octanol–water partition coefficient (Wildman–Crippen LogP) is 2.89. The standard InChI is InChI=1S/C13H20N2S/c1-10(2)8-12(15-14)9-16-13-6-4-11(3)5-7-13/h4-7,12,15H,1,8-9,14H2,2-3H3. The molecular formula is C13H20N2S. The highest BCUT2D eigenvalue weighted by Gasteiger charge is 2.07. The molecule has 0 aliphatic carbocycles. The van der Waals surface area contributed by atoms with Crippen LogP contribution in [0, 0.1) is 6.92 Å². The molecule has 1 atom stereocenters. The molecule has 0 amide bonds. The number of hydrazine groups is 1. The number of rotatable bonds is 6. The van der Waals surface area contributed by atoms with Crippen LogP contribution in [0.1, 0.15) is 18.9 Å². The van der Waals surface area contributed by atoms with Crippen LogP contribution in [0.2, 0.25) is 0 Å². The first-order valence-electron chi connectivity index (χ1n) is 5.42. The molecule has 3 heteroatoms. The number of hydrogen-bond donors (Lipinski definition) is 2. The minimum Gasteiger partial charge on any atom is -0.271 e. The monoisotopic (exact) mass is 236 g/mol. The normalized spacial score (nSPS) is 12.4. The maximum absolute atomic E-state index is 5.50. The Labute approximate surface area is 102 Å². The molecule has 1 aromatic carbocycles. The van der Waals surface area contributed by atoms with Crippen molar-refractivity contribution < 1.29 is 0 Å². The van der Waals surface area contributed by atoms with Gasteiger partial charge in [-0.25, -0.2) is 0 Å². The van der Waals surface area contributed by atoms with Gasteiger partial charge >= 0.3 is 0 Å². The molecule has 1 unspecified atom stereocenters. The quantitative estimate of drug-likeness (QED) is 0.345. The van der Waals surface area contributed by atoms with Gasteiger partial charge in [-0.3, -0.25) is 11.3 Å². The molecule has 0 aromatic heterocycles. The minimum atomic E-state index is 0.295. The van der Waals surface area contributed by atoms with Crippen molar-refractivity contribution in [2.75, 3.05) is 5.75 Å². The Morgan fingerprint density at radius 2 is 2.06 bits per heavy atom. The van der Waals surface area contributed by atoms with E-state index in [-0.39, 0.29) is 0 Å². The summed E-state index contributed by atoms with van der Waals surface area (Å²) in [4.78, 5) is 1.28. The highest BCUT2D eigenvalue weighted by atomic mass is 32.2. The lowest BCUT2D eigenvalue weighted by Gasteiger charge is -2.15. The SMILES string of the molecule is C=C(C)CC(CSc1ccc(C)cc1)NN. The third-order valence-electron chi connectivity index (χ3n) is 2.30. The molecule has 0 aliphatic heterocycles. The van der Waals surface area contributed by atoms with E-state index in [1.54, 1.807) is 0 Å². The highest BCUT2D eigenvalue weighted by Crippen LogP contribution is 2.20. The molecule has 0 radical (unpaired) electrons. The smallest absolute Gasteiger partial charge is 0.0341 e. The topological polar surface area (TPSA) is 38.0 Å². The number of hydrogen-bond acceptors (Lipinski definition) is 3. The summed E-state index contributed by atoms with van der Waals surface area (Å²) in [6, 6.07) is 8.85. The van der Waals surface area contributed by atoms with E-state index in [4.69, 9.17) is 5.84 Å². The zero-order valence-electron chi connectivity index (χ0n) is 9.99. The molecule has 1 aromatic rings. The first kappa shape index (κ1) is 13.3. The maximum Gasteiger partial charge on any atom is 0.0341 e. The van der Waals surface area contributed by atoms with Gasteiger partial charge in [-0.1, -0.05) is 23.3 Å². The van der Waals surface area contributed by atoms with Crippen LogP contribution in [0.25, 0.3) is 0 Å². The number of aryl methyl sites for hydroxylation is 1. The van der Waals surface area contributed by atoms with Gasteiger partial charge in [0.2, 0.25) is 0 Å². The molecule has 0 spiro atoms. The van der Waals surface area contributed by atoms with Crippen molar-refractivity contribution in [3.05, 3.63) is 42.0 Å². The first-order chi connectivity index (χ1) is 7.61. The third-order valence-corrected chi connectivity index (χ3v) is 3.48. The fourth-order valence-corrected chi connectivity index (χ4v) is 2.35. The average molecular weight is 236 g/mol. The van der Waals surface area contributed by atoms with Crippen LogP contribution in [0.15, 0.2) is 41.3 Å². The second-order valence-corrected chi connectivity index (χ2v) is 5.24. The van der Waals surface area contributed by atoms with Crippen molar-refractivity contribution in [3.8, 4) is 0 Å². The van der Waals surface area contributed by atoms with Gasteiger partial charge in [0.05, 0.1) is 0 Å². The van der Waals surface area contributed by atoms with Gasteiger partial charge in [0.25, 0.3) is 0 Å². The lowest BCUT2D eigenvalue weighted by molar-refractivity contribution is 0.574. The van der Waals surface area contributed by atoms with Gasteiger partial charge < -0.3 is 0 Å². The van der Waals surface area contributed by atoms with Gasteiger partial charge in [0, 0.05) is 16.7 Å². The van der Waals surface area contributed by atoms with Crippen LogP contribution in [0.4, 0.5) is 0 Å². The van der Waals surface area contributed by atoms with Crippen LogP contribution in [0.3, 0.4) is 0 Å². The van der Waals surface area contributed by atoms with Gasteiger partial charge in [-0.2, -0.15) is 0 Å². The summed E-state index contributed by atoms with van der Waals surface area (Å²) >= 11 is 1.82. The van der Waals surface area contributed by atoms with E-state index < -0.39 is 0 Å². The molecular weight excluding hydrogens is 216 g/mol. The highest BCUT2D eigenvalue weighted by molar-refractivity contribution is 7.99. The summed E-state index contributed by atoms with van der Waals surface area (Å²) < 4.78 is 0. The number of benzene rings is 1. The van der Waals surface area contributed by atoms with E-state index in [9.17, 15) is 0 Å². The van der Waals surface area contributed by atoms with Crippen LogP contribution in [-0.4, -0.2) is 11.8 Å². The Kier molecular flexibility index (Phi) is 5.60. The zero-order valence-corrected chi connectivity index (χ0v) is 10.8. The number of nitrogens with two attached hydrogens (primary N) is 1. The molecule has 0 saturated carbocycles. The molecule has 16 heavy (non-hydrogen) atoms. The van der Waals surface area contributed by atoms with Crippen molar-refractivity contribution in [1.29, 1.82) is 0 Å². The molecule has 2 nitrogen and oxygen atoms in total. The average Bonchev–Trinajstić information content (AvgIpc) is 2.26. The van der Waals surface area contributed by atoms with E-state index >= 15 is 0 Å². The van der Waals surface area contributed by atoms with E-state index in [0.717, 1.165) is 17.7 Å². The Morgan fingerprint density at radius 1 is 1.44 bits per heavy atom. The van der Waals surface area contributed by atoms with Crippen molar-refractivity contribution in [3.63, 3.8) is 0 Å². The van der Waals surface area contributed by atoms with Crippen molar-refractivity contribution in [1.82, 2.24) is 5.43 Å². The summed E-state index contributed by atoms with van der Waals surface area (Å²) in [5, 5.41) is 0. The summed E-state index contributed by atoms with van der Waals surface area (Å²) in [7, 11) is 0. The van der Waals surface area contributed by atoms with E-state index in [2.05, 4.69) is 43.2 Å². The molecule has 3 N–H and O–H groups in total. The second-order valence-electron chi connectivity index (χ2n) is 4.15. The van der Waals surface area contributed by atoms with Gasteiger partial charge in [-0.05, 0) is 32.4 Å². The molecule has 0 aliphatic rings. The third kappa shape index (κ3) is 4.84. The maximum atomic E-state index is 5.50. The first-order valence-corrected chi connectivity index (χ1v) is 6.40. The number of thioether (sulfide) groups is 1. The largest absolute Gasteiger partial charge is 0.271 e. The Hall–Kier alpha value is -0.770. The predicted molar refractivity (Wildman–Crippen MR) is 72.4 cm³/mol. The van der Waals surface area contributed by atoms with E-state index in [1.165, 1.54) is 10.5 Å². The molecule has 1 rings (SSSR count). The molecule has 0 heterocycles. The fourth-order valence-electron chi connectivity index (χ4n) is 1.42. The van der Waals surface area contributed by atoms with Crippen LogP contribution in [-0.2, 0) is 0 Å². The number of nitrogens with one attached hydrogen (secondary N) is 1. The van der Waals surface area contributed by atoms with Crippen LogP contribution < -0.4 is 11.3 Å². The molecule has 0 saturated heterocycles. The fraction of sp³-hybridized carbons (Fsp3) is 0.385. The van der Waals surface area contributed by atoms with Crippen molar-refractivity contribution in [2.24, 2.45) is 5.84 Å². The lowest BCUT2D eigenvalue weighted by atomic mass is 10.1. The zero-order chi connectivity index (χ0) is 12.0. The Morgan fingerprint density at radius 3 is 2.56 bits per heavy atom. The van der Waals surface area contributed by atoms with Crippen molar-refractivity contribution in [2.45, 2.75) is 31.2 Å². The molecule has 0 bridgehead atoms. The van der Waals surface area contributed by atoms with Crippen LogP contribution >= 0.6 is 11.8 Å². The second kappa shape index (κ2) is 6.74. The van der Waals surface area contributed by atoms with Crippen LogP contribution in [0.5, 0.6) is 0 Å². The molecule has 88 valence electrons. The summed E-state index contributed by atoms with van der Waals surface area (Å²) in [6.07, 6.45) is 0.926. The van der Waals surface area contributed by atoms with Gasteiger partial charge in [0.1, 0.15) is 0 Å². The Balaban J connectivity index is 2.43. The van der Waals surface area contributed by atoms with E-state index in [0.29, 0.717) is 6.04 Å². The van der Waals surface area contributed by atoms with Crippen molar-refractivity contribution >= 4 is 11.8 Å². The summed E-state index contributed by atoms with van der Waals surface area (Å²) in [5.74, 6) is 6.47. The Bertz CT molecular complexity index is 332.